The third kappa shape index (κ3) is 5.18. The zero-order valence-electron chi connectivity index (χ0n) is 13.7. The number of carbonyl (C=O) groups is 1. The van der Waals surface area contributed by atoms with Crippen LogP contribution in [0.15, 0.2) is 6.07 Å². The lowest BCUT2D eigenvalue weighted by Gasteiger charge is -2.21. The van der Waals surface area contributed by atoms with Crippen LogP contribution < -0.4 is 5.32 Å². The van der Waals surface area contributed by atoms with E-state index in [4.69, 9.17) is 0 Å². The largest absolute Gasteiger partial charge is 0.309 e. The van der Waals surface area contributed by atoms with Gasteiger partial charge in [0.15, 0.2) is 5.82 Å². The highest BCUT2D eigenvalue weighted by molar-refractivity contribution is 5.89. The Hall–Kier alpha value is -1.32. The van der Waals surface area contributed by atoms with Crippen LogP contribution in [0.25, 0.3) is 0 Å². The fraction of sp³-hybridized carbons (Fsp3) is 0.765. The highest BCUT2D eigenvalue weighted by atomic mass is 16.1. The maximum Gasteiger partial charge on any atom is 0.225 e. The molecule has 0 aliphatic heterocycles. The molecule has 1 heterocycles. The molecule has 1 amide bonds. The predicted octanol–water partition coefficient (Wildman–Crippen LogP) is 4.40. The number of aromatic nitrogens is 2. The molecule has 4 nitrogen and oxygen atoms in total. The van der Waals surface area contributed by atoms with Gasteiger partial charge in [-0.05, 0) is 18.8 Å². The number of amides is 1. The molecule has 0 unspecified atom stereocenters. The maximum atomic E-state index is 11.9. The summed E-state index contributed by atoms with van der Waals surface area (Å²) < 4.78 is 0. The number of hydrogen-bond donors (Lipinski definition) is 2. The molecular weight excluding hydrogens is 262 g/mol. The zero-order valence-corrected chi connectivity index (χ0v) is 13.7. The summed E-state index contributed by atoms with van der Waals surface area (Å²) in [4.78, 5) is 11.9. The van der Waals surface area contributed by atoms with Crippen LogP contribution in [-0.4, -0.2) is 16.1 Å². The molecule has 0 spiro atoms. The third-order valence-electron chi connectivity index (χ3n) is 4.39. The van der Waals surface area contributed by atoms with Crippen LogP contribution in [0, 0.1) is 5.92 Å². The second-order valence-electron chi connectivity index (χ2n) is 7.36. The first-order chi connectivity index (χ1) is 9.95. The quantitative estimate of drug-likeness (QED) is 0.845. The van der Waals surface area contributed by atoms with Crippen LogP contribution in [0.3, 0.4) is 0 Å². The van der Waals surface area contributed by atoms with Gasteiger partial charge >= 0.3 is 0 Å². The van der Waals surface area contributed by atoms with Gasteiger partial charge in [-0.25, -0.2) is 0 Å². The number of carbonyl (C=O) groups excluding carboxylic acids is 1. The summed E-state index contributed by atoms with van der Waals surface area (Å²) in [5, 5.41) is 10.0. The summed E-state index contributed by atoms with van der Waals surface area (Å²) in [7, 11) is 0. The van der Waals surface area contributed by atoms with Crippen molar-refractivity contribution >= 4 is 11.7 Å². The van der Waals surface area contributed by atoms with Gasteiger partial charge in [0, 0.05) is 23.6 Å². The SMILES string of the molecule is CC(C)(C)c1cc(NC(=O)CCCC2CCCCC2)n[nH]1. The molecule has 0 saturated heterocycles. The van der Waals surface area contributed by atoms with Crippen molar-refractivity contribution in [3.63, 3.8) is 0 Å². The van der Waals surface area contributed by atoms with Crippen LogP contribution in [-0.2, 0) is 10.2 Å². The molecule has 1 aromatic heterocycles. The van der Waals surface area contributed by atoms with Gasteiger partial charge < -0.3 is 5.32 Å². The van der Waals surface area contributed by atoms with E-state index in [1.54, 1.807) is 0 Å². The normalized spacial score (nSPS) is 16.9. The topological polar surface area (TPSA) is 57.8 Å². The third-order valence-corrected chi connectivity index (χ3v) is 4.39. The number of hydrogen-bond acceptors (Lipinski definition) is 2. The Labute approximate surface area is 128 Å². The average molecular weight is 291 g/mol. The lowest BCUT2D eigenvalue weighted by Crippen LogP contribution is -2.13. The van der Waals surface area contributed by atoms with Gasteiger partial charge in [-0.2, -0.15) is 5.10 Å². The lowest BCUT2D eigenvalue weighted by atomic mass is 9.86. The van der Waals surface area contributed by atoms with Crippen LogP contribution in [0.2, 0.25) is 0 Å². The van der Waals surface area contributed by atoms with Gasteiger partial charge in [0.1, 0.15) is 0 Å². The first-order valence-electron chi connectivity index (χ1n) is 8.31. The van der Waals surface area contributed by atoms with Crippen molar-refractivity contribution < 1.29 is 4.79 Å². The molecule has 2 N–H and O–H groups in total. The van der Waals surface area contributed by atoms with Gasteiger partial charge in [-0.15, -0.1) is 0 Å². The Morgan fingerprint density at radius 2 is 2.05 bits per heavy atom. The predicted molar refractivity (Wildman–Crippen MR) is 86.3 cm³/mol. The fourth-order valence-corrected chi connectivity index (χ4v) is 3.00. The van der Waals surface area contributed by atoms with Crippen molar-refractivity contribution in [3.05, 3.63) is 11.8 Å². The van der Waals surface area contributed by atoms with Crippen LogP contribution >= 0.6 is 0 Å². The Morgan fingerprint density at radius 1 is 1.33 bits per heavy atom. The van der Waals surface area contributed by atoms with Gasteiger partial charge in [-0.3, -0.25) is 9.89 Å². The lowest BCUT2D eigenvalue weighted by molar-refractivity contribution is -0.116. The molecule has 1 fully saturated rings. The van der Waals surface area contributed by atoms with E-state index in [2.05, 4.69) is 36.3 Å². The second-order valence-corrected chi connectivity index (χ2v) is 7.36. The molecular formula is C17H29N3O. The van der Waals surface area contributed by atoms with E-state index < -0.39 is 0 Å². The standard InChI is InChI=1S/C17H29N3O/c1-17(2,3)14-12-15(20-19-14)18-16(21)11-7-10-13-8-5-4-6-9-13/h12-13H,4-11H2,1-3H3,(H2,18,19,20,21). The van der Waals surface area contributed by atoms with Crippen LogP contribution in [0.4, 0.5) is 5.82 Å². The number of rotatable bonds is 5. The van der Waals surface area contributed by atoms with E-state index >= 15 is 0 Å². The molecule has 1 aromatic rings. The first kappa shape index (κ1) is 16.1. The molecule has 0 aromatic carbocycles. The highest BCUT2D eigenvalue weighted by Gasteiger charge is 2.17. The maximum absolute atomic E-state index is 11.9. The molecule has 118 valence electrons. The fourth-order valence-electron chi connectivity index (χ4n) is 3.00. The Balaban J connectivity index is 1.70. The number of nitrogens with zero attached hydrogens (tertiary/aromatic N) is 1. The molecule has 1 aliphatic rings. The Morgan fingerprint density at radius 3 is 2.67 bits per heavy atom. The van der Waals surface area contributed by atoms with Gasteiger partial charge in [0.2, 0.25) is 5.91 Å². The molecule has 0 atom stereocenters. The smallest absolute Gasteiger partial charge is 0.225 e. The van der Waals surface area contributed by atoms with Crippen molar-refractivity contribution in [1.82, 2.24) is 10.2 Å². The minimum atomic E-state index is 0.0248. The van der Waals surface area contributed by atoms with Crippen molar-refractivity contribution in [1.29, 1.82) is 0 Å². The Bertz CT molecular complexity index is 453. The molecule has 21 heavy (non-hydrogen) atoms. The van der Waals surface area contributed by atoms with E-state index in [9.17, 15) is 4.79 Å². The van der Waals surface area contributed by atoms with E-state index in [-0.39, 0.29) is 11.3 Å². The Kier molecular flexibility index (Phi) is 5.43. The molecule has 0 bridgehead atoms. The first-order valence-corrected chi connectivity index (χ1v) is 8.31. The van der Waals surface area contributed by atoms with E-state index in [0.717, 1.165) is 18.0 Å². The van der Waals surface area contributed by atoms with Crippen molar-refractivity contribution in [2.75, 3.05) is 5.32 Å². The van der Waals surface area contributed by atoms with Crippen molar-refractivity contribution in [3.8, 4) is 0 Å². The summed E-state index contributed by atoms with van der Waals surface area (Å²) in [5.41, 5.74) is 1.07. The summed E-state index contributed by atoms with van der Waals surface area (Å²) in [6.07, 6.45) is 9.65. The number of nitrogens with one attached hydrogen (secondary N) is 2. The van der Waals surface area contributed by atoms with Crippen molar-refractivity contribution in [2.45, 2.75) is 77.6 Å². The average Bonchev–Trinajstić information content (AvgIpc) is 2.88. The van der Waals surface area contributed by atoms with Crippen LogP contribution in [0.1, 0.15) is 77.8 Å². The van der Waals surface area contributed by atoms with E-state index in [1.807, 2.05) is 6.07 Å². The van der Waals surface area contributed by atoms with E-state index in [0.29, 0.717) is 12.2 Å². The second kappa shape index (κ2) is 7.10. The highest BCUT2D eigenvalue weighted by Crippen LogP contribution is 2.27. The van der Waals surface area contributed by atoms with Crippen molar-refractivity contribution in [2.24, 2.45) is 5.92 Å². The summed E-state index contributed by atoms with van der Waals surface area (Å²) >= 11 is 0. The molecule has 4 heteroatoms. The number of anilines is 1. The number of H-pyrrole nitrogens is 1. The minimum Gasteiger partial charge on any atom is -0.309 e. The van der Waals surface area contributed by atoms with Crippen LogP contribution in [0.5, 0.6) is 0 Å². The summed E-state index contributed by atoms with van der Waals surface area (Å²) in [6.45, 7) is 6.36. The zero-order chi connectivity index (χ0) is 15.3. The molecule has 1 aliphatic carbocycles. The monoisotopic (exact) mass is 291 g/mol. The van der Waals surface area contributed by atoms with Gasteiger partial charge in [0.05, 0.1) is 0 Å². The summed E-state index contributed by atoms with van der Waals surface area (Å²) in [5.74, 6) is 1.57. The van der Waals surface area contributed by atoms with Gasteiger partial charge in [0.25, 0.3) is 0 Å². The molecule has 1 saturated carbocycles. The van der Waals surface area contributed by atoms with E-state index in [1.165, 1.54) is 38.5 Å². The van der Waals surface area contributed by atoms with Gasteiger partial charge in [-0.1, -0.05) is 52.9 Å². The molecule has 2 rings (SSSR count). The summed E-state index contributed by atoms with van der Waals surface area (Å²) in [6, 6.07) is 1.93. The minimum absolute atomic E-state index is 0.0248. The number of aromatic amines is 1. The molecule has 0 radical (unpaired) electrons.